The Morgan fingerprint density at radius 3 is 2.93 bits per heavy atom. The molecule has 2 N–H and O–H groups in total. The maximum Gasteiger partial charge on any atom is 0.275 e. The Morgan fingerprint density at radius 2 is 2.20 bits per heavy atom. The number of fused-ring (bicyclic) bond motifs is 2. The molecule has 1 fully saturated rings. The van der Waals surface area contributed by atoms with Crippen LogP contribution in [0.3, 0.4) is 0 Å². The molecular formula is C10H8N2O2S. The zero-order valence-corrected chi connectivity index (χ0v) is 8.56. The van der Waals surface area contributed by atoms with Crippen LogP contribution in [0.25, 0.3) is 0 Å². The van der Waals surface area contributed by atoms with Gasteiger partial charge in [-0.1, -0.05) is 18.2 Å². The van der Waals surface area contributed by atoms with Gasteiger partial charge in [0.25, 0.3) is 11.1 Å². The van der Waals surface area contributed by atoms with Crippen LogP contribution < -0.4 is 10.6 Å². The number of hydrogen-bond donors (Lipinski definition) is 2. The fraction of sp³-hybridized carbons (Fsp3) is 0.200. The molecule has 1 aromatic carbocycles. The van der Waals surface area contributed by atoms with Crippen LogP contribution in [0.15, 0.2) is 24.3 Å². The van der Waals surface area contributed by atoms with Gasteiger partial charge in [0, 0.05) is 11.3 Å². The molecule has 0 aliphatic carbocycles. The number of nitrogens with one attached hydrogen (secondary N) is 2. The van der Waals surface area contributed by atoms with E-state index in [9.17, 15) is 4.79 Å². The highest BCUT2D eigenvalue weighted by atomic mass is 32.1. The van der Waals surface area contributed by atoms with Crippen LogP contribution in [0.2, 0.25) is 0 Å². The summed E-state index contributed by atoms with van der Waals surface area (Å²) in [7, 11) is 0. The number of ether oxygens (including phenoxy) is 1. The van der Waals surface area contributed by atoms with Crippen LogP contribution in [-0.2, 0) is 15.1 Å². The van der Waals surface area contributed by atoms with E-state index in [1.807, 2.05) is 24.3 Å². The van der Waals surface area contributed by atoms with Crippen LogP contribution in [0.1, 0.15) is 5.56 Å². The number of carbonyl (C=O) groups excluding carboxylic acids is 1. The van der Waals surface area contributed by atoms with Crippen molar-refractivity contribution in [3.05, 3.63) is 29.8 Å². The van der Waals surface area contributed by atoms with E-state index in [2.05, 4.69) is 10.6 Å². The van der Waals surface area contributed by atoms with Crippen LogP contribution in [0.5, 0.6) is 0 Å². The lowest BCUT2D eigenvalue weighted by Crippen LogP contribution is -2.37. The average molecular weight is 220 g/mol. The van der Waals surface area contributed by atoms with Crippen LogP contribution in [0, 0.1) is 0 Å². The van der Waals surface area contributed by atoms with Crippen molar-refractivity contribution in [1.82, 2.24) is 5.32 Å². The summed E-state index contributed by atoms with van der Waals surface area (Å²) < 4.78 is 5.46. The number of hydrogen-bond acceptors (Lipinski definition) is 3. The molecule has 76 valence electrons. The molecular weight excluding hydrogens is 212 g/mol. The van der Waals surface area contributed by atoms with E-state index in [4.69, 9.17) is 17.0 Å². The minimum absolute atomic E-state index is 0.156. The molecule has 1 atom stereocenters. The third-order valence-electron chi connectivity index (χ3n) is 2.73. The summed E-state index contributed by atoms with van der Waals surface area (Å²) in [6, 6.07) is 7.49. The molecule has 0 aromatic heterocycles. The highest BCUT2D eigenvalue weighted by Gasteiger charge is 2.52. The van der Waals surface area contributed by atoms with Gasteiger partial charge >= 0.3 is 0 Å². The Kier molecular flexibility index (Phi) is 1.56. The van der Waals surface area contributed by atoms with Crippen molar-refractivity contribution in [3.63, 3.8) is 0 Å². The summed E-state index contributed by atoms with van der Waals surface area (Å²) in [5, 5.41) is 5.94. The van der Waals surface area contributed by atoms with Crippen molar-refractivity contribution in [1.29, 1.82) is 0 Å². The normalized spacial score (nSPS) is 27.2. The topological polar surface area (TPSA) is 50.4 Å². The summed E-state index contributed by atoms with van der Waals surface area (Å²) in [5.74, 6) is -0.156. The average Bonchev–Trinajstić information content (AvgIpc) is 2.73. The molecule has 5 heteroatoms. The number of rotatable bonds is 0. The summed E-state index contributed by atoms with van der Waals surface area (Å²) >= 11 is 4.90. The second-order valence-electron chi connectivity index (χ2n) is 3.57. The predicted octanol–water partition coefficient (Wildman–Crippen LogP) is 0.739. The highest BCUT2D eigenvalue weighted by Crippen LogP contribution is 2.40. The van der Waals surface area contributed by atoms with Gasteiger partial charge in [-0.05, 0) is 18.3 Å². The van der Waals surface area contributed by atoms with Gasteiger partial charge in [0.2, 0.25) is 5.60 Å². The van der Waals surface area contributed by atoms with E-state index in [0.717, 1.165) is 11.3 Å². The van der Waals surface area contributed by atoms with Gasteiger partial charge in [-0.15, -0.1) is 0 Å². The van der Waals surface area contributed by atoms with E-state index in [1.165, 1.54) is 0 Å². The molecule has 4 nitrogen and oxygen atoms in total. The molecule has 3 rings (SSSR count). The number of anilines is 1. The third-order valence-corrected chi connectivity index (χ3v) is 2.95. The lowest BCUT2D eigenvalue weighted by Gasteiger charge is -2.18. The van der Waals surface area contributed by atoms with Crippen LogP contribution in [-0.4, -0.2) is 17.6 Å². The maximum absolute atomic E-state index is 11.9. The van der Waals surface area contributed by atoms with Gasteiger partial charge in [0.1, 0.15) is 0 Å². The lowest BCUT2D eigenvalue weighted by atomic mass is 9.96. The quantitative estimate of drug-likeness (QED) is 0.633. The molecule has 0 saturated carbocycles. The largest absolute Gasteiger partial charge is 0.447 e. The number of carbonyl (C=O) groups is 1. The number of amides is 1. The third kappa shape index (κ3) is 1.01. The second kappa shape index (κ2) is 2.70. The Balaban J connectivity index is 2.17. The first-order valence-corrected chi connectivity index (χ1v) is 5.01. The van der Waals surface area contributed by atoms with Crippen molar-refractivity contribution in [2.45, 2.75) is 5.60 Å². The number of benzene rings is 1. The van der Waals surface area contributed by atoms with Gasteiger partial charge in [0.05, 0.1) is 6.54 Å². The van der Waals surface area contributed by atoms with Crippen molar-refractivity contribution in [2.75, 3.05) is 11.9 Å². The smallest absolute Gasteiger partial charge is 0.275 e. The lowest BCUT2D eigenvalue weighted by molar-refractivity contribution is -0.129. The first kappa shape index (κ1) is 8.67. The Morgan fingerprint density at radius 1 is 1.40 bits per heavy atom. The van der Waals surface area contributed by atoms with E-state index < -0.39 is 5.60 Å². The molecule has 1 amide bonds. The first-order chi connectivity index (χ1) is 7.22. The molecule has 15 heavy (non-hydrogen) atoms. The second-order valence-corrected chi connectivity index (χ2v) is 3.94. The molecule has 0 radical (unpaired) electrons. The molecule has 1 spiro atoms. The minimum atomic E-state index is -0.951. The van der Waals surface area contributed by atoms with Crippen LogP contribution in [0.4, 0.5) is 5.69 Å². The first-order valence-electron chi connectivity index (χ1n) is 4.60. The molecule has 1 aromatic rings. The van der Waals surface area contributed by atoms with Gasteiger partial charge in [-0.2, -0.15) is 0 Å². The van der Waals surface area contributed by atoms with E-state index in [1.54, 1.807) is 0 Å². The number of para-hydroxylation sites is 1. The molecule has 2 aliphatic heterocycles. The van der Waals surface area contributed by atoms with Gasteiger partial charge < -0.3 is 15.4 Å². The molecule has 0 unspecified atom stereocenters. The molecule has 1 saturated heterocycles. The Bertz CT molecular complexity index is 474. The molecule has 2 heterocycles. The van der Waals surface area contributed by atoms with E-state index in [0.29, 0.717) is 6.54 Å². The zero-order chi connectivity index (χ0) is 10.5. The zero-order valence-electron chi connectivity index (χ0n) is 7.74. The summed E-state index contributed by atoms with van der Waals surface area (Å²) in [6.45, 7) is 0.397. The predicted molar refractivity (Wildman–Crippen MR) is 58.4 cm³/mol. The van der Waals surface area contributed by atoms with Crippen molar-refractivity contribution in [3.8, 4) is 0 Å². The minimum Gasteiger partial charge on any atom is -0.447 e. The van der Waals surface area contributed by atoms with Crippen LogP contribution >= 0.6 is 12.2 Å². The Hall–Kier alpha value is -1.62. The Labute approximate surface area is 91.6 Å². The SMILES string of the molecule is O=C1Nc2ccccc2[C@]12CNC(=S)O2. The van der Waals surface area contributed by atoms with E-state index >= 15 is 0 Å². The fourth-order valence-corrected chi connectivity index (χ4v) is 2.21. The van der Waals surface area contributed by atoms with Crippen molar-refractivity contribution >= 4 is 29.0 Å². The fourth-order valence-electron chi connectivity index (χ4n) is 1.99. The van der Waals surface area contributed by atoms with E-state index in [-0.39, 0.29) is 11.1 Å². The summed E-state index contributed by atoms with van der Waals surface area (Å²) in [4.78, 5) is 11.9. The maximum atomic E-state index is 11.9. The van der Waals surface area contributed by atoms with Gasteiger partial charge in [-0.25, -0.2) is 0 Å². The standard InChI is InChI=1S/C10H8N2O2S/c13-8-10(5-11-9(15)14-10)6-3-1-2-4-7(6)12-8/h1-4H,5H2,(H,11,15)(H,12,13)/t10-/m1/s1. The summed E-state index contributed by atoms with van der Waals surface area (Å²) in [5.41, 5.74) is 0.699. The van der Waals surface area contributed by atoms with Gasteiger partial charge in [0.15, 0.2) is 0 Å². The summed E-state index contributed by atoms with van der Waals surface area (Å²) in [6.07, 6.45) is 0. The van der Waals surface area contributed by atoms with Crippen molar-refractivity contribution < 1.29 is 9.53 Å². The molecule has 0 bridgehead atoms. The molecule has 2 aliphatic rings. The number of thiocarbonyl (C=S) groups is 1. The monoisotopic (exact) mass is 220 g/mol. The van der Waals surface area contributed by atoms with Gasteiger partial charge in [-0.3, -0.25) is 4.79 Å². The highest BCUT2D eigenvalue weighted by molar-refractivity contribution is 7.80. The van der Waals surface area contributed by atoms with Crippen molar-refractivity contribution in [2.24, 2.45) is 0 Å².